The second kappa shape index (κ2) is 5.75. The number of hydrazine groups is 1. The molecule has 0 aliphatic carbocycles. The average molecular weight is 309 g/mol. The Bertz CT molecular complexity index is 604. The smallest absolute Gasteiger partial charge is 0.229 e. The van der Waals surface area contributed by atoms with Crippen molar-refractivity contribution in [3.63, 3.8) is 0 Å². The first kappa shape index (κ1) is 14.5. The molecule has 0 spiro atoms. The molecule has 0 aromatic heterocycles. The Hall–Kier alpha value is -1.44. The van der Waals surface area contributed by atoms with E-state index in [2.05, 4.69) is 10.9 Å². The lowest BCUT2D eigenvalue weighted by atomic mass is 9.93. The molecule has 2 aliphatic heterocycles. The first-order valence-electron chi connectivity index (χ1n) is 7.09. The summed E-state index contributed by atoms with van der Waals surface area (Å²) in [4.78, 5) is 14.3. The molecule has 2 saturated heterocycles. The minimum Gasteiger partial charge on any atom is -0.340 e. The van der Waals surface area contributed by atoms with Crippen molar-refractivity contribution < 1.29 is 13.2 Å². The highest BCUT2D eigenvalue weighted by atomic mass is 32.2. The molecule has 114 valence electrons. The third-order valence-electron chi connectivity index (χ3n) is 4.11. The number of benzene rings is 1. The summed E-state index contributed by atoms with van der Waals surface area (Å²) in [7, 11) is -2.96. The summed E-state index contributed by atoms with van der Waals surface area (Å²) in [5, 5.41) is 0. The largest absolute Gasteiger partial charge is 0.340 e. The summed E-state index contributed by atoms with van der Waals surface area (Å²) in [6, 6.07) is 9.75. The SMILES string of the molecule is O=C(C1CNNC1c1ccccc1)N1CCS(=O)(=O)CC1. The molecule has 2 N–H and O–H groups in total. The van der Waals surface area contributed by atoms with Gasteiger partial charge in [0.15, 0.2) is 9.84 Å². The molecule has 2 aliphatic rings. The third-order valence-corrected chi connectivity index (χ3v) is 5.72. The van der Waals surface area contributed by atoms with Crippen LogP contribution in [0.5, 0.6) is 0 Å². The van der Waals surface area contributed by atoms with Gasteiger partial charge in [-0.25, -0.2) is 13.8 Å². The molecule has 0 bridgehead atoms. The van der Waals surface area contributed by atoms with Gasteiger partial charge in [-0.2, -0.15) is 0 Å². The van der Waals surface area contributed by atoms with E-state index in [1.54, 1.807) is 4.90 Å². The topological polar surface area (TPSA) is 78.5 Å². The van der Waals surface area contributed by atoms with E-state index in [4.69, 9.17) is 0 Å². The molecule has 6 nitrogen and oxygen atoms in total. The van der Waals surface area contributed by atoms with Crippen LogP contribution in [0.1, 0.15) is 11.6 Å². The second-order valence-electron chi connectivity index (χ2n) is 5.50. The molecule has 7 heteroatoms. The van der Waals surface area contributed by atoms with E-state index in [9.17, 15) is 13.2 Å². The van der Waals surface area contributed by atoms with E-state index in [1.807, 2.05) is 30.3 Å². The summed E-state index contributed by atoms with van der Waals surface area (Å²) < 4.78 is 22.9. The molecule has 0 radical (unpaired) electrons. The zero-order valence-corrected chi connectivity index (χ0v) is 12.5. The van der Waals surface area contributed by atoms with Crippen LogP contribution < -0.4 is 10.9 Å². The fraction of sp³-hybridized carbons (Fsp3) is 0.500. The van der Waals surface area contributed by atoms with Crippen LogP contribution in [0.3, 0.4) is 0 Å². The monoisotopic (exact) mass is 309 g/mol. The van der Waals surface area contributed by atoms with Crippen LogP contribution in [0.15, 0.2) is 30.3 Å². The van der Waals surface area contributed by atoms with Crippen LogP contribution in [0.4, 0.5) is 0 Å². The predicted molar refractivity (Wildman–Crippen MR) is 79.0 cm³/mol. The lowest BCUT2D eigenvalue weighted by Gasteiger charge is -2.30. The van der Waals surface area contributed by atoms with Gasteiger partial charge in [-0.05, 0) is 5.56 Å². The van der Waals surface area contributed by atoms with Gasteiger partial charge in [-0.15, -0.1) is 0 Å². The molecule has 2 atom stereocenters. The Morgan fingerprint density at radius 1 is 1.14 bits per heavy atom. The van der Waals surface area contributed by atoms with Crippen molar-refractivity contribution in [2.24, 2.45) is 5.92 Å². The van der Waals surface area contributed by atoms with Crippen LogP contribution in [0, 0.1) is 5.92 Å². The highest BCUT2D eigenvalue weighted by molar-refractivity contribution is 7.91. The summed E-state index contributed by atoms with van der Waals surface area (Å²) in [6.07, 6.45) is 0. The van der Waals surface area contributed by atoms with E-state index in [1.165, 1.54) is 0 Å². The van der Waals surface area contributed by atoms with Crippen molar-refractivity contribution in [2.75, 3.05) is 31.1 Å². The Morgan fingerprint density at radius 2 is 1.81 bits per heavy atom. The predicted octanol–water partition coefficient (Wildman–Crippen LogP) is -0.291. The van der Waals surface area contributed by atoms with Crippen molar-refractivity contribution in [1.82, 2.24) is 15.8 Å². The Balaban J connectivity index is 1.72. The quantitative estimate of drug-likeness (QED) is 0.785. The number of nitrogens with zero attached hydrogens (tertiary/aromatic N) is 1. The zero-order chi connectivity index (χ0) is 14.9. The van der Waals surface area contributed by atoms with E-state index in [0.717, 1.165) is 5.56 Å². The van der Waals surface area contributed by atoms with Crippen LogP contribution >= 0.6 is 0 Å². The Morgan fingerprint density at radius 3 is 2.48 bits per heavy atom. The van der Waals surface area contributed by atoms with Gasteiger partial charge >= 0.3 is 0 Å². The summed E-state index contributed by atoms with van der Waals surface area (Å²) in [5.41, 5.74) is 7.25. The molecule has 3 rings (SSSR count). The molecule has 2 fully saturated rings. The lowest BCUT2D eigenvalue weighted by molar-refractivity contribution is -0.135. The first-order chi connectivity index (χ1) is 10.1. The molecule has 0 saturated carbocycles. The van der Waals surface area contributed by atoms with Gasteiger partial charge in [0.2, 0.25) is 5.91 Å². The van der Waals surface area contributed by atoms with E-state index < -0.39 is 9.84 Å². The minimum atomic E-state index is -2.96. The molecule has 1 aromatic carbocycles. The normalized spacial score (nSPS) is 28.5. The average Bonchev–Trinajstić information content (AvgIpc) is 2.97. The van der Waals surface area contributed by atoms with Gasteiger partial charge in [0.1, 0.15) is 0 Å². The lowest BCUT2D eigenvalue weighted by Crippen LogP contribution is -2.47. The maximum absolute atomic E-state index is 12.6. The molecule has 2 heterocycles. The van der Waals surface area contributed by atoms with Crippen LogP contribution in [0.25, 0.3) is 0 Å². The number of rotatable bonds is 2. The Kier molecular flexibility index (Phi) is 3.97. The molecular weight excluding hydrogens is 290 g/mol. The van der Waals surface area contributed by atoms with Gasteiger partial charge in [0, 0.05) is 19.6 Å². The number of carbonyl (C=O) groups excluding carboxylic acids is 1. The van der Waals surface area contributed by atoms with Gasteiger partial charge in [0.25, 0.3) is 0 Å². The Labute approximate surface area is 124 Å². The summed E-state index contributed by atoms with van der Waals surface area (Å²) >= 11 is 0. The third kappa shape index (κ3) is 3.09. The number of hydrogen-bond donors (Lipinski definition) is 2. The fourth-order valence-electron chi connectivity index (χ4n) is 2.87. The van der Waals surface area contributed by atoms with Gasteiger partial charge in [0.05, 0.1) is 23.5 Å². The van der Waals surface area contributed by atoms with Crippen LogP contribution in [0.2, 0.25) is 0 Å². The van der Waals surface area contributed by atoms with E-state index in [0.29, 0.717) is 19.6 Å². The number of nitrogens with one attached hydrogen (secondary N) is 2. The maximum Gasteiger partial charge on any atom is 0.229 e. The molecular formula is C14H19N3O3S. The number of amides is 1. The van der Waals surface area contributed by atoms with Crippen molar-refractivity contribution in [2.45, 2.75) is 6.04 Å². The van der Waals surface area contributed by atoms with Crippen LogP contribution in [-0.4, -0.2) is 50.4 Å². The molecule has 2 unspecified atom stereocenters. The zero-order valence-electron chi connectivity index (χ0n) is 11.7. The maximum atomic E-state index is 12.6. The van der Waals surface area contributed by atoms with Gasteiger partial charge < -0.3 is 4.90 Å². The van der Waals surface area contributed by atoms with Crippen molar-refractivity contribution in [3.05, 3.63) is 35.9 Å². The summed E-state index contributed by atoms with van der Waals surface area (Å²) in [6.45, 7) is 1.17. The second-order valence-corrected chi connectivity index (χ2v) is 7.80. The fourth-order valence-corrected chi connectivity index (χ4v) is 4.07. The van der Waals surface area contributed by atoms with Crippen LogP contribution in [-0.2, 0) is 14.6 Å². The van der Waals surface area contributed by atoms with Crippen molar-refractivity contribution >= 4 is 15.7 Å². The van der Waals surface area contributed by atoms with Gasteiger partial charge in [-0.1, -0.05) is 30.3 Å². The highest BCUT2D eigenvalue weighted by Gasteiger charge is 2.37. The van der Waals surface area contributed by atoms with E-state index in [-0.39, 0.29) is 29.4 Å². The first-order valence-corrected chi connectivity index (χ1v) is 8.91. The number of carbonyl (C=O) groups is 1. The highest BCUT2D eigenvalue weighted by Crippen LogP contribution is 2.26. The van der Waals surface area contributed by atoms with E-state index >= 15 is 0 Å². The van der Waals surface area contributed by atoms with Crippen molar-refractivity contribution in [1.29, 1.82) is 0 Å². The minimum absolute atomic E-state index is 0.0243. The number of sulfone groups is 1. The number of hydrogen-bond acceptors (Lipinski definition) is 5. The summed E-state index contributed by atoms with van der Waals surface area (Å²) in [5.74, 6) is -0.0329. The standard InChI is InChI=1S/C14H19N3O3S/c18-14(17-6-8-21(19,20)9-7-17)12-10-15-16-13(12)11-4-2-1-3-5-11/h1-5,12-13,15-16H,6-10H2. The molecule has 1 aromatic rings. The van der Waals surface area contributed by atoms with Crippen molar-refractivity contribution in [3.8, 4) is 0 Å². The van der Waals surface area contributed by atoms with Gasteiger partial charge in [-0.3, -0.25) is 10.2 Å². The molecule has 21 heavy (non-hydrogen) atoms. The molecule has 1 amide bonds.